The molecule has 7 nitrogen and oxygen atoms in total. The number of hydrogen-bond donors (Lipinski definition) is 3. The van der Waals surface area contributed by atoms with Crippen molar-refractivity contribution >= 4 is 17.2 Å². The van der Waals surface area contributed by atoms with Gasteiger partial charge in [0.2, 0.25) is 0 Å². The van der Waals surface area contributed by atoms with Gasteiger partial charge in [-0.3, -0.25) is 0 Å². The zero-order chi connectivity index (χ0) is 20.2. The van der Waals surface area contributed by atoms with Gasteiger partial charge in [0.25, 0.3) is 0 Å². The minimum Gasteiger partial charge on any atom is -0.507 e. The number of rotatable bonds is 5. The molecule has 0 bridgehead atoms. The molecule has 1 saturated heterocycles. The quantitative estimate of drug-likeness (QED) is 0.616. The van der Waals surface area contributed by atoms with Gasteiger partial charge in [0.1, 0.15) is 5.75 Å². The van der Waals surface area contributed by atoms with Crippen molar-refractivity contribution in [3.63, 3.8) is 0 Å². The Morgan fingerprint density at radius 3 is 2.34 bits per heavy atom. The second-order valence-electron chi connectivity index (χ2n) is 7.19. The Labute approximate surface area is 170 Å². The van der Waals surface area contributed by atoms with E-state index in [2.05, 4.69) is 49.6 Å². The van der Waals surface area contributed by atoms with Crippen molar-refractivity contribution in [2.45, 2.75) is 6.54 Å². The minimum absolute atomic E-state index is 0.184. The fourth-order valence-corrected chi connectivity index (χ4v) is 3.70. The molecular weight excluding hydrogens is 364 g/mol. The number of phenols is 1. The van der Waals surface area contributed by atoms with Crippen LogP contribution >= 0.6 is 0 Å². The molecule has 2 aromatic carbocycles. The van der Waals surface area contributed by atoms with E-state index in [1.54, 1.807) is 12.1 Å². The number of aromatic hydroxyl groups is 1. The highest BCUT2D eigenvalue weighted by Gasteiger charge is 2.21. The summed E-state index contributed by atoms with van der Waals surface area (Å²) in [6, 6.07) is 17.7. The van der Waals surface area contributed by atoms with Crippen LogP contribution in [0.2, 0.25) is 0 Å². The SMILES string of the molecule is CNCc1ccc(N2CCN(c3cc(-c4ccccc4O)nnc3N)CC2)cc1. The van der Waals surface area contributed by atoms with Crippen LogP contribution in [0.1, 0.15) is 5.56 Å². The average Bonchev–Trinajstić information content (AvgIpc) is 2.76. The number of nitrogen functional groups attached to an aromatic ring is 1. The Bertz CT molecular complexity index is 967. The van der Waals surface area contributed by atoms with Crippen molar-refractivity contribution < 1.29 is 5.11 Å². The van der Waals surface area contributed by atoms with Crippen molar-refractivity contribution in [1.82, 2.24) is 15.5 Å². The molecule has 0 amide bonds. The standard InChI is InChI=1S/C22H26N6O/c1-24-15-16-6-8-17(9-7-16)27-10-12-28(13-11-27)20-14-19(25-26-22(20)23)18-4-2-3-5-21(18)29/h2-9,14,24,29H,10-13,15H2,1H3,(H2,23,26). The maximum absolute atomic E-state index is 10.1. The number of phenolic OH excluding ortho intramolecular Hbond substituents is 1. The fraction of sp³-hybridized carbons (Fsp3) is 0.273. The molecule has 1 fully saturated rings. The lowest BCUT2D eigenvalue weighted by molar-refractivity contribution is 0.477. The smallest absolute Gasteiger partial charge is 0.169 e. The van der Waals surface area contributed by atoms with Crippen LogP contribution in [0.4, 0.5) is 17.2 Å². The molecule has 0 unspecified atom stereocenters. The fourth-order valence-electron chi connectivity index (χ4n) is 3.70. The predicted octanol–water partition coefficient (Wildman–Crippen LogP) is 2.48. The number of hydrogen-bond acceptors (Lipinski definition) is 7. The molecule has 0 radical (unpaired) electrons. The van der Waals surface area contributed by atoms with Crippen LogP contribution in [0.25, 0.3) is 11.3 Å². The van der Waals surface area contributed by atoms with Gasteiger partial charge in [0, 0.05) is 44.0 Å². The Morgan fingerprint density at radius 1 is 0.966 bits per heavy atom. The van der Waals surface area contributed by atoms with Crippen LogP contribution in [0.15, 0.2) is 54.6 Å². The lowest BCUT2D eigenvalue weighted by atomic mass is 10.1. The van der Waals surface area contributed by atoms with Crippen LogP contribution in [0.5, 0.6) is 5.75 Å². The van der Waals surface area contributed by atoms with E-state index < -0.39 is 0 Å². The molecule has 2 heterocycles. The number of anilines is 3. The number of nitrogens with one attached hydrogen (secondary N) is 1. The molecule has 1 aliphatic heterocycles. The van der Waals surface area contributed by atoms with Crippen LogP contribution in [0, 0.1) is 0 Å². The normalized spacial score (nSPS) is 14.2. The maximum atomic E-state index is 10.1. The van der Waals surface area contributed by atoms with Gasteiger partial charge in [-0.15, -0.1) is 10.2 Å². The van der Waals surface area contributed by atoms with Gasteiger partial charge >= 0.3 is 0 Å². The van der Waals surface area contributed by atoms with Crippen LogP contribution in [-0.4, -0.2) is 48.5 Å². The van der Waals surface area contributed by atoms with Gasteiger partial charge < -0.3 is 26.0 Å². The summed E-state index contributed by atoms with van der Waals surface area (Å²) >= 11 is 0. The lowest BCUT2D eigenvalue weighted by Crippen LogP contribution is -2.46. The number of nitrogens with zero attached hydrogens (tertiary/aromatic N) is 4. The molecule has 4 rings (SSSR count). The molecule has 1 aliphatic rings. The molecule has 0 saturated carbocycles. The second-order valence-corrected chi connectivity index (χ2v) is 7.19. The Kier molecular flexibility index (Phi) is 5.48. The molecule has 29 heavy (non-hydrogen) atoms. The Hall–Kier alpha value is -3.32. The first-order valence-electron chi connectivity index (χ1n) is 9.80. The maximum Gasteiger partial charge on any atom is 0.169 e. The van der Waals surface area contributed by atoms with Gasteiger partial charge in [0.15, 0.2) is 5.82 Å². The highest BCUT2D eigenvalue weighted by Crippen LogP contribution is 2.32. The van der Waals surface area contributed by atoms with E-state index >= 15 is 0 Å². The van der Waals surface area contributed by atoms with Crippen LogP contribution in [0.3, 0.4) is 0 Å². The first-order chi connectivity index (χ1) is 14.2. The second kappa shape index (κ2) is 8.36. The summed E-state index contributed by atoms with van der Waals surface area (Å²) in [4.78, 5) is 4.62. The molecule has 3 aromatic rings. The number of benzene rings is 2. The van der Waals surface area contributed by atoms with Crippen molar-refractivity contribution in [2.75, 3.05) is 48.8 Å². The Balaban J connectivity index is 1.48. The number of aromatic nitrogens is 2. The number of nitrogens with two attached hydrogens (primary N) is 1. The first kappa shape index (κ1) is 19.0. The van der Waals surface area contributed by atoms with Crippen LogP contribution < -0.4 is 20.9 Å². The summed E-state index contributed by atoms with van der Waals surface area (Å²) < 4.78 is 0. The summed E-state index contributed by atoms with van der Waals surface area (Å²) in [5, 5.41) is 21.6. The third-order valence-corrected chi connectivity index (χ3v) is 5.28. The molecule has 1 aromatic heterocycles. The van der Waals surface area contributed by atoms with Gasteiger partial charge in [-0.25, -0.2) is 0 Å². The highest BCUT2D eigenvalue weighted by molar-refractivity contribution is 5.74. The van der Waals surface area contributed by atoms with Crippen molar-refractivity contribution in [2.24, 2.45) is 0 Å². The molecule has 0 atom stereocenters. The van der Waals surface area contributed by atoms with E-state index in [1.165, 1.54) is 11.3 Å². The summed E-state index contributed by atoms with van der Waals surface area (Å²) in [7, 11) is 1.96. The first-order valence-corrected chi connectivity index (χ1v) is 9.80. The monoisotopic (exact) mass is 390 g/mol. The van der Waals surface area contributed by atoms with E-state index in [9.17, 15) is 5.11 Å². The molecule has 0 spiro atoms. The van der Waals surface area contributed by atoms with Crippen molar-refractivity contribution in [1.29, 1.82) is 0 Å². The molecule has 150 valence electrons. The van der Waals surface area contributed by atoms with Gasteiger partial charge in [-0.1, -0.05) is 24.3 Å². The Morgan fingerprint density at radius 2 is 1.66 bits per heavy atom. The van der Waals surface area contributed by atoms with Crippen molar-refractivity contribution in [3.05, 3.63) is 60.2 Å². The summed E-state index contributed by atoms with van der Waals surface area (Å²) in [6.07, 6.45) is 0. The zero-order valence-corrected chi connectivity index (χ0v) is 16.5. The van der Waals surface area contributed by atoms with Crippen LogP contribution in [-0.2, 0) is 6.54 Å². The third-order valence-electron chi connectivity index (χ3n) is 5.28. The average molecular weight is 390 g/mol. The zero-order valence-electron chi connectivity index (χ0n) is 16.5. The third kappa shape index (κ3) is 4.09. The topological polar surface area (TPSA) is 90.5 Å². The van der Waals surface area contributed by atoms with E-state index in [-0.39, 0.29) is 5.75 Å². The molecule has 0 aliphatic carbocycles. The summed E-state index contributed by atoms with van der Waals surface area (Å²) in [6.45, 7) is 4.36. The molecular formula is C22H26N6O. The molecule has 4 N–H and O–H groups in total. The van der Waals surface area contributed by atoms with Crippen molar-refractivity contribution in [3.8, 4) is 17.0 Å². The predicted molar refractivity (Wildman–Crippen MR) is 117 cm³/mol. The van der Waals surface area contributed by atoms with Gasteiger partial charge in [0.05, 0.1) is 11.4 Å². The largest absolute Gasteiger partial charge is 0.507 e. The van der Waals surface area contributed by atoms with Gasteiger partial charge in [-0.05, 0) is 42.9 Å². The lowest BCUT2D eigenvalue weighted by Gasteiger charge is -2.37. The van der Waals surface area contributed by atoms with E-state index in [1.807, 2.05) is 25.2 Å². The van der Waals surface area contributed by atoms with Gasteiger partial charge in [-0.2, -0.15) is 0 Å². The van der Waals surface area contributed by atoms with E-state index in [0.717, 1.165) is 38.4 Å². The van der Waals surface area contributed by atoms with E-state index in [4.69, 9.17) is 5.73 Å². The summed E-state index contributed by atoms with van der Waals surface area (Å²) in [5.74, 6) is 0.595. The minimum atomic E-state index is 0.184. The summed E-state index contributed by atoms with van der Waals surface area (Å²) in [5.41, 5.74) is 10.8. The number of para-hydroxylation sites is 1. The number of piperazine rings is 1. The molecule has 7 heteroatoms. The highest BCUT2D eigenvalue weighted by atomic mass is 16.3. The van der Waals surface area contributed by atoms with E-state index in [0.29, 0.717) is 17.1 Å².